The monoisotopic (exact) mass is 284 g/mol. The fraction of sp³-hybridized carbons (Fsp3) is 0.267. The molecular weight excluding hydrogens is 268 g/mol. The van der Waals surface area contributed by atoms with Crippen molar-refractivity contribution in [3.05, 3.63) is 42.1 Å². The van der Waals surface area contributed by atoms with Gasteiger partial charge in [0.25, 0.3) is 0 Å². The van der Waals surface area contributed by atoms with Gasteiger partial charge in [-0.3, -0.25) is 4.98 Å². The normalized spacial score (nSPS) is 11.0. The van der Waals surface area contributed by atoms with E-state index < -0.39 is 0 Å². The maximum absolute atomic E-state index is 9.22. The number of nitrogens with zero attached hydrogens (tertiary/aromatic N) is 4. The van der Waals surface area contributed by atoms with Crippen molar-refractivity contribution in [2.75, 3.05) is 6.61 Å². The van der Waals surface area contributed by atoms with Crippen LogP contribution in [0.2, 0.25) is 0 Å². The van der Waals surface area contributed by atoms with E-state index in [0.29, 0.717) is 18.2 Å². The number of furan rings is 1. The summed E-state index contributed by atoms with van der Waals surface area (Å²) in [4.78, 5) is 8.59. The molecule has 0 saturated carbocycles. The van der Waals surface area contributed by atoms with Gasteiger partial charge in [-0.1, -0.05) is 0 Å². The molecule has 0 aliphatic heterocycles. The van der Waals surface area contributed by atoms with E-state index in [4.69, 9.17) is 4.42 Å². The maximum atomic E-state index is 9.22. The highest BCUT2D eigenvalue weighted by Gasteiger charge is 2.17. The molecule has 1 N–H and O–H groups in total. The van der Waals surface area contributed by atoms with Crippen molar-refractivity contribution in [3.8, 4) is 22.8 Å². The number of hydrogen-bond donors (Lipinski definition) is 1. The molecule has 0 fully saturated rings. The minimum Gasteiger partial charge on any atom is -0.466 e. The molecule has 0 saturated heterocycles. The van der Waals surface area contributed by atoms with Crippen molar-refractivity contribution in [1.82, 2.24) is 19.7 Å². The number of aliphatic hydroxyl groups is 1. The lowest BCUT2D eigenvalue weighted by molar-refractivity contribution is 0.270. The Morgan fingerprint density at radius 1 is 1.24 bits per heavy atom. The summed E-state index contributed by atoms with van der Waals surface area (Å²) in [6.45, 7) is 4.18. The van der Waals surface area contributed by atoms with Gasteiger partial charge in [0.05, 0.1) is 18.7 Å². The molecule has 3 heterocycles. The quantitative estimate of drug-likeness (QED) is 0.794. The van der Waals surface area contributed by atoms with Crippen molar-refractivity contribution in [2.45, 2.75) is 20.4 Å². The largest absolute Gasteiger partial charge is 0.466 e. The third kappa shape index (κ3) is 2.57. The zero-order valence-electron chi connectivity index (χ0n) is 11.9. The second-order valence-electron chi connectivity index (χ2n) is 4.77. The Labute approximate surface area is 122 Å². The molecule has 0 amide bonds. The van der Waals surface area contributed by atoms with Crippen molar-refractivity contribution in [3.63, 3.8) is 0 Å². The highest BCUT2D eigenvalue weighted by molar-refractivity contribution is 5.63. The van der Waals surface area contributed by atoms with Gasteiger partial charge in [0, 0.05) is 18.0 Å². The molecule has 0 aliphatic rings. The summed E-state index contributed by atoms with van der Waals surface area (Å²) in [6, 6.07) is 5.65. The summed E-state index contributed by atoms with van der Waals surface area (Å²) in [6.07, 6.45) is 3.41. The summed E-state index contributed by atoms with van der Waals surface area (Å²) in [7, 11) is 0. The summed E-state index contributed by atoms with van der Waals surface area (Å²) in [5, 5.41) is 13.7. The minimum absolute atomic E-state index is 0.00201. The van der Waals surface area contributed by atoms with Crippen LogP contribution in [0.1, 0.15) is 11.5 Å². The Bertz CT molecular complexity index is 746. The van der Waals surface area contributed by atoms with Crippen LogP contribution in [0.15, 0.2) is 35.0 Å². The smallest absolute Gasteiger partial charge is 0.181 e. The lowest BCUT2D eigenvalue weighted by Gasteiger charge is -2.01. The SMILES string of the molecule is Cc1cc(-c2nc(-c3ccncc3)nn2CCO)c(C)o1. The van der Waals surface area contributed by atoms with Gasteiger partial charge >= 0.3 is 0 Å². The topological polar surface area (TPSA) is 77.0 Å². The zero-order chi connectivity index (χ0) is 14.8. The van der Waals surface area contributed by atoms with Crippen LogP contribution in [0.3, 0.4) is 0 Å². The van der Waals surface area contributed by atoms with Crippen LogP contribution < -0.4 is 0 Å². The lowest BCUT2D eigenvalue weighted by atomic mass is 10.2. The predicted octanol–water partition coefficient (Wildman–Crippen LogP) is 2.21. The summed E-state index contributed by atoms with van der Waals surface area (Å²) >= 11 is 0. The van der Waals surface area contributed by atoms with Crippen LogP contribution in [-0.2, 0) is 6.54 Å². The highest BCUT2D eigenvalue weighted by atomic mass is 16.3. The van der Waals surface area contributed by atoms with E-state index in [1.54, 1.807) is 17.1 Å². The van der Waals surface area contributed by atoms with Crippen LogP contribution in [0.5, 0.6) is 0 Å². The first kappa shape index (κ1) is 13.5. The first-order valence-electron chi connectivity index (χ1n) is 6.72. The zero-order valence-corrected chi connectivity index (χ0v) is 11.9. The molecule has 3 aromatic heterocycles. The van der Waals surface area contributed by atoms with E-state index in [9.17, 15) is 5.11 Å². The second-order valence-corrected chi connectivity index (χ2v) is 4.77. The standard InChI is InChI=1S/C15H16N4O2/c1-10-9-13(11(2)21-10)15-17-14(18-19(15)7-8-20)12-3-5-16-6-4-12/h3-6,9,20H,7-8H2,1-2H3. The van der Waals surface area contributed by atoms with Gasteiger partial charge in [0.15, 0.2) is 11.6 Å². The molecule has 0 spiro atoms. The minimum atomic E-state index is 0.00201. The fourth-order valence-corrected chi connectivity index (χ4v) is 2.27. The van der Waals surface area contributed by atoms with Gasteiger partial charge in [-0.2, -0.15) is 5.10 Å². The van der Waals surface area contributed by atoms with Gasteiger partial charge in [-0.05, 0) is 32.0 Å². The van der Waals surface area contributed by atoms with Gasteiger partial charge < -0.3 is 9.52 Å². The number of rotatable bonds is 4. The number of hydrogen-bond acceptors (Lipinski definition) is 5. The van der Waals surface area contributed by atoms with Crippen LogP contribution in [-0.4, -0.2) is 31.5 Å². The molecule has 0 bridgehead atoms. The van der Waals surface area contributed by atoms with Gasteiger partial charge in [0.1, 0.15) is 11.5 Å². The van der Waals surface area contributed by atoms with Crippen LogP contribution in [0, 0.1) is 13.8 Å². The Kier molecular flexibility index (Phi) is 3.53. The number of aromatic nitrogens is 4. The number of pyridine rings is 1. The molecule has 0 atom stereocenters. The molecule has 6 nitrogen and oxygen atoms in total. The van der Waals surface area contributed by atoms with Gasteiger partial charge in [0.2, 0.25) is 0 Å². The molecule has 0 aromatic carbocycles. The van der Waals surface area contributed by atoms with Gasteiger partial charge in [-0.15, -0.1) is 0 Å². The predicted molar refractivity (Wildman–Crippen MR) is 77.5 cm³/mol. The first-order valence-corrected chi connectivity index (χ1v) is 6.72. The second kappa shape index (κ2) is 5.49. The fourth-order valence-electron chi connectivity index (χ4n) is 2.27. The molecule has 6 heteroatoms. The van der Waals surface area contributed by atoms with Gasteiger partial charge in [-0.25, -0.2) is 9.67 Å². The van der Waals surface area contributed by atoms with E-state index in [0.717, 1.165) is 22.6 Å². The summed E-state index contributed by atoms with van der Waals surface area (Å²) in [5.41, 5.74) is 1.79. The molecule has 3 rings (SSSR count). The van der Waals surface area contributed by atoms with E-state index in [-0.39, 0.29) is 6.61 Å². The van der Waals surface area contributed by atoms with Crippen LogP contribution in [0.25, 0.3) is 22.8 Å². The van der Waals surface area contributed by atoms with E-state index in [1.165, 1.54) is 0 Å². The van der Waals surface area contributed by atoms with E-state index in [1.807, 2.05) is 32.0 Å². The Balaban J connectivity index is 2.11. The molecule has 21 heavy (non-hydrogen) atoms. The molecule has 0 unspecified atom stereocenters. The summed E-state index contributed by atoms with van der Waals surface area (Å²) < 4.78 is 7.26. The van der Waals surface area contributed by atoms with Crippen molar-refractivity contribution >= 4 is 0 Å². The molecule has 3 aromatic rings. The number of aliphatic hydroxyl groups excluding tert-OH is 1. The summed E-state index contributed by atoms with van der Waals surface area (Å²) in [5.74, 6) is 2.93. The highest BCUT2D eigenvalue weighted by Crippen LogP contribution is 2.27. The van der Waals surface area contributed by atoms with Crippen molar-refractivity contribution in [1.29, 1.82) is 0 Å². The van der Waals surface area contributed by atoms with E-state index in [2.05, 4.69) is 15.1 Å². The molecule has 0 aliphatic carbocycles. The molecular formula is C15H16N4O2. The van der Waals surface area contributed by atoms with E-state index >= 15 is 0 Å². The average Bonchev–Trinajstić information content (AvgIpc) is 3.03. The van der Waals surface area contributed by atoms with Crippen LogP contribution >= 0.6 is 0 Å². The average molecular weight is 284 g/mol. The molecule has 108 valence electrons. The lowest BCUT2D eigenvalue weighted by Crippen LogP contribution is -2.06. The van der Waals surface area contributed by atoms with Crippen LogP contribution in [0.4, 0.5) is 0 Å². The molecule has 0 radical (unpaired) electrons. The number of aryl methyl sites for hydroxylation is 2. The third-order valence-electron chi connectivity index (χ3n) is 3.20. The first-order chi connectivity index (χ1) is 10.2. The Morgan fingerprint density at radius 3 is 2.62 bits per heavy atom. The maximum Gasteiger partial charge on any atom is 0.181 e. The Hall–Kier alpha value is -2.47. The Morgan fingerprint density at radius 2 is 2.00 bits per heavy atom. The van der Waals surface area contributed by atoms with Crippen molar-refractivity contribution in [2.24, 2.45) is 0 Å². The van der Waals surface area contributed by atoms with Crippen molar-refractivity contribution < 1.29 is 9.52 Å². The third-order valence-corrected chi connectivity index (χ3v) is 3.20.